The minimum atomic E-state index is -1.67. The summed E-state index contributed by atoms with van der Waals surface area (Å²) in [6.07, 6.45) is 3.34. The third-order valence-electron chi connectivity index (χ3n) is 7.13. The second-order valence-electron chi connectivity index (χ2n) is 11.5. The highest BCUT2D eigenvalue weighted by molar-refractivity contribution is 7.92. The zero-order valence-corrected chi connectivity index (χ0v) is 26.3. The molecule has 230 valence electrons. The highest BCUT2D eigenvalue weighted by Gasteiger charge is 2.62. The van der Waals surface area contributed by atoms with E-state index >= 15 is 0 Å². The molecule has 45 heavy (non-hydrogen) atoms. The number of pyridine rings is 1. The summed E-state index contributed by atoms with van der Waals surface area (Å²) in [6.45, 7) is 5.11. The van der Waals surface area contributed by atoms with Gasteiger partial charge in [0, 0.05) is 24.2 Å². The summed E-state index contributed by atoms with van der Waals surface area (Å²) in [7, 11) is 0. The molecule has 4 heterocycles. The van der Waals surface area contributed by atoms with Crippen molar-refractivity contribution in [2.24, 2.45) is 0 Å². The number of β-lactam (4-membered cyclic amide) rings is 1. The average molecular weight is 643 g/mol. The van der Waals surface area contributed by atoms with E-state index in [0.29, 0.717) is 15.5 Å². The van der Waals surface area contributed by atoms with Gasteiger partial charge in [0.15, 0.2) is 12.1 Å². The number of nitrogens with zero attached hydrogens (tertiary/aromatic N) is 3. The van der Waals surface area contributed by atoms with Gasteiger partial charge >= 0.3 is 12.1 Å². The van der Waals surface area contributed by atoms with Gasteiger partial charge in [-0.2, -0.15) is 0 Å². The molecule has 10 nitrogen and oxygen atoms in total. The van der Waals surface area contributed by atoms with Gasteiger partial charge in [-0.3, -0.25) is 14.7 Å². The van der Waals surface area contributed by atoms with Gasteiger partial charge in [-0.25, -0.2) is 14.6 Å². The number of carbonyl (C=O) groups is 3. The molecule has 0 saturated carbocycles. The number of hydrogen-bond acceptors (Lipinski definition) is 9. The third-order valence-corrected chi connectivity index (χ3v) is 9.83. The summed E-state index contributed by atoms with van der Waals surface area (Å²) in [5.74, 6) is -1.40. The predicted molar refractivity (Wildman–Crippen MR) is 170 cm³/mol. The van der Waals surface area contributed by atoms with E-state index in [2.05, 4.69) is 15.3 Å². The maximum atomic E-state index is 14.3. The van der Waals surface area contributed by atoms with E-state index < -0.39 is 52.3 Å². The first-order chi connectivity index (χ1) is 21.6. The molecule has 12 heteroatoms. The maximum absolute atomic E-state index is 14.3. The van der Waals surface area contributed by atoms with Crippen molar-refractivity contribution in [3.8, 4) is 10.6 Å². The number of ether oxygens (including phenoxy) is 2. The number of thiazole rings is 1. The lowest BCUT2D eigenvalue weighted by Gasteiger charge is -2.49. The first-order valence-electron chi connectivity index (χ1n) is 14.2. The Kier molecular flexibility index (Phi) is 8.45. The molecule has 0 bridgehead atoms. The molecule has 2 aliphatic heterocycles. The average Bonchev–Trinajstić information content (AvgIpc) is 3.53. The summed E-state index contributed by atoms with van der Waals surface area (Å²) in [5, 5.41) is 2.22. The van der Waals surface area contributed by atoms with E-state index in [4.69, 9.17) is 9.47 Å². The fourth-order valence-corrected chi connectivity index (χ4v) is 7.89. The number of rotatable bonds is 7. The Hall–Kier alpha value is -4.52. The van der Waals surface area contributed by atoms with Crippen molar-refractivity contribution in [1.29, 1.82) is 0 Å². The van der Waals surface area contributed by atoms with E-state index in [9.17, 15) is 18.9 Å². The van der Waals surface area contributed by atoms with E-state index in [0.717, 1.165) is 16.7 Å². The standard InChI is InChI=1S/C33H30N4O6S2/c1-33(2,3)43-32(40)36-25-29(38)37-26(31(39)42-27(20-11-6-4-7-12-20)21-13-8-5-9-14-21)23(19-45(41)30(25)37)24-18-35-28(44-24)22-15-10-16-34-17-22/h4-18,25,27,30H,19H2,1-3H3,(H,36,40). The van der Waals surface area contributed by atoms with Crippen molar-refractivity contribution >= 4 is 46.1 Å². The van der Waals surface area contributed by atoms with Gasteiger partial charge in [0.05, 0.1) is 10.5 Å². The van der Waals surface area contributed by atoms with Crippen molar-refractivity contribution < 1.29 is 28.4 Å². The summed E-state index contributed by atoms with van der Waals surface area (Å²) in [5.41, 5.74) is 1.82. The monoisotopic (exact) mass is 642 g/mol. The summed E-state index contributed by atoms with van der Waals surface area (Å²) < 4.78 is 25.2. The third kappa shape index (κ3) is 6.35. The van der Waals surface area contributed by atoms with E-state index in [-0.39, 0.29) is 11.4 Å². The fourth-order valence-electron chi connectivity index (χ4n) is 5.17. The smallest absolute Gasteiger partial charge is 0.408 e. The Labute approximate surface area is 267 Å². The van der Waals surface area contributed by atoms with Gasteiger partial charge in [-0.1, -0.05) is 60.7 Å². The molecule has 2 amide bonds. The van der Waals surface area contributed by atoms with Crippen LogP contribution in [0.25, 0.3) is 16.1 Å². The molecule has 3 atom stereocenters. The predicted octanol–water partition coefficient (Wildman–Crippen LogP) is 5.07. The van der Waals surface area contributed by atoms with Crippen LogP contribution in [0.4, 0.5) is 4.79 Å². The summed E-state index contributed by atoms with van der Waals surface area (Å²) in [6, 6.07) is 21.1. The van der Waals surface area contributed by atoms with Crippen LogP contribution in [-0.2, 0) is 30.2 Å². The van der Waals surface area contributed by atoms with Crippen LogP contribution in [0, 0.1) is 0 Å². The molecule has 1 fully saturated rings. The highest BCUT2D eigenvalue weighted by Crippen LogP contribution is 2.43. The number of nitrogens with one attached hydrogen (secondary N) is 1. The van der Waals surface area contributed by atoms with Crippen molar-refractivity contribution in [1.82, 2.24) is 20.2 Å². The molecule has 0 radical (unpaired) electrons. The Bertz CT molecular complexity index is 1700. The summed E-state index contributed by atoms with van der Waals surface area (Å²) >= 11 is -0.376. The lowest BCUT2D eigenvalue weighted by molar-refractivity contribution is -0.153. The van der Waals surface area contributed by atoms with Crippen molar-refractivity contribution in [3.05, 3.63) is 113 Å². The van der Waals surface area contributed by atoms with Crippen molar-refractivity contribution in [2.45, 2.75) is 43.9 Å². The van der Waals surface area contributed by atoms with Gasteiger partial charge < -0.3 is 19.3 Å². The Balaban J connectivity index is 1.39. The molecule has 2 aliphatic rings. The molecule has 0 aliphatic carbocycles. The number of alkyl carbamates (subject to hydrolysis) is 1. The zero-order valence-electron chi connectivity index (χ0n) is 24.7. The molecule has 1 N–H and O–H groups in total. The second kappa shape index (κ2) is 12.5. The topological polar surface area (TPSA) is 134 Å². The second-order valence-corrected chi connectivity index (χ2v) is 14.0. The van der Waals surface area contributed by atoms with Crippen LogP contribution in [0.2, 0.25) is 0 Å². The van der Waals surface area contributed by atoms with Crippen molar-refractivity contribution in [3.63, 3.8) is 0 Å². The van der Waals surface area contributed by atoms with Crippen LogP contribution in [0.3, 0.4) is 0 Å². The normalized spacial score (nSPS) is 19.5. The summed E-state index contributed by atoms with van der Waals surface area (Å²) in [4.78, 5) is 50.9. The first-order valence-corrected chi connectivity index (χ1v) is 16.4. The molecule has 0 spiro atoms. The Morgan fingerprint density at radius 1 is 1.02 bits per heavy atom. The Morgan fingerprint density at radius 3 is 2.29 bits per heavy atom. The van der Waals surface area contributed by atoms with E-state index in [1.807, 2.05) is 66.7 Å². The molecular formula is C33H30N4O6S2. The zero-order chi connectivity index (χ0) is 31.7. The van der Waals surface area contributed by atoms with E-state index in [1.165, 1.54) is 16.2 Å². The van der Waals surface area contributed by atoms with Gasteiger partial charge in [0.1, 0.15) is 22.1 Å². The number of carbonyl (C=O) groups excluding carboxylic acids is 3. The van der Waals surface area contributed by atoms with Gasteiger partial charge in [-0.15, -0.1) is 11.3 Å². The minimum absolute atomic E-state index is 0.0231. The lowest BCUT2D eigenvalue weighted by Crippen LogP contribution is -2.74. The number of fused-ring (bicyclic) bond motifs is 1. The number of benzene rings is 2. The molecule has 2 aromatic heterocycles. The first kappa shape index (κ1) is 30.5. The highest BCUT2D eigenvalue weighted by atomic mass is 32.2. The van der Waals surface area contributed by atoms with Gasteiger partial charge in [0.2, 0.25) is 5.37 Å². The molecule has 3 unspecified atom stereocenters. The lowest BCUT2D eigenvalue weighted by atomic mass is 10.0. The van der Waals surface area contributed by atoms with E-state index in [1.54, 1.807) is 45.4 Å². The molecular weight excluding hydrogens is 613 g/mol. The maximum Gasteiger partial charge on any atom is 0.408 e. The van der Waals surface area contributed by atoms with Crippen LogP contribution in [0.1, 0.15) is 42.9 Å². The van der Waals surface area contributed by atoms with Crippen LogP contribution < -0.4 is 5.32 Å². The van der Waals surface area contributed by atoms with Crippen molar-refractivity contribution in [2.75, 3.05) is 5.75 Å². The molecule has 4 aromatic rings. The van der Waals surface area contributed by atoms with Crippen LogP contribution in [0.5, 0.6) is 0 Å². The van der Waals surface area contributed by atoms with Gasteiger partial charge in [0.25, 0.3) is 5.91 Å². The minimum Gasteiger partial charge on any atom is -0.614 e. The molecule has 1 saturated heterocycles. The number of aromatic nitrogens is 2. The Morgan fingerprint density at radius 2 is 1.69 bits per heavy atom. The number of hydrogen-bond donors (Lipinski definition) is 1. The van der Waals surface area contributed by atoms with Crippen LogP contribution >= 0.6 is 11.3 Å². The SMILES string of the molecule is CC(C)(C)OC(=O)NC1C(=O)N2C(C(=O)OC(c3ccccc3)c3ccccc3)=C(c3cnc(-c4cccnc4)s3)C[S+]([O-])C12. The largest absolute Gasteiger partial charge is 0.614 e. The van der Waals surface area contributed by atoms with Crippen LogP contribution in [0.15, 0.2) is 97.1 Å². The number of amides is 2. The van der Waals surface area contributed by atoms with Gasteiger partial charge in [-0.05, 0) is 55.2 Å². The molecule has 6 rings (SSSR count). The van der Waals surface area contributed by atoms with Crippen LogP contribution in [-0.4, -0.2) is 60.2 Å². The molecule has 2 aromatic carbocycles. The quantitative estimate of drug-likeness (QED) is 0.168. The fraction of sp³-hybridized carbons (Fsp3) is 0.242. The number of esters is 1.